The molecule has 0 saturated carbocycles. The molecule has 0 radical (unpaired) electrons. The number of alkyl halides is 3. The van der Waals surface area contributed by atoms with Crippen LogP contribution in [0.25, 0.3) is 0 Å². The number of halogens is 3. The monoisotopic (exact) mass is 454 g/mol. The van der Waals surface area contributed by atoms with E-state index in [4.69, 9.17) is 19.1 Å². The molecule has 4 rings (SSSR count). The van der Waals surface area contributed by atoms with Gasteiger partial charge in [0.05, 0.1) is 13.4 Å². The van der Waals surface area contributed by atoms with Gasteiger partial charge in [-0.15, -0.1) is 0 Å². The Bertz CT molecular complexity index is 899. The third-order valence-corrected chi connectivity index (χ3v) is 5.70. The summed E-state index contributed by atoms with van der Waals surface area (Å²) >= 11 is 0. The lowest BCUT2D eigenvalue weighted by Gasteiger charge is -2.36. The molecule has 1 amide bonds. The molecule has 2 aliphatic heterocycles. The number of carboxylic acid groups (broad SMARTS) is 1. The Hall–Kier alpha value is -3.01. The number of hydrogen-bond acceptors (Lipinski definition) is 5. The van der Waals surface area contributed by atoms with Gasteiger partial charge in [0.15, 0.2) is 5.76 Å². The van der Waals surface area contributed by atoms with Crippen LogP contribution in [0.5, 0.6) is 5.75 Å². The highest BCUT2D eigenvalue weighted by Gasteiger charge is 2.41. The van der Waals surface area contributed by atoms with Crippen LogP contribution >= 0.6 is 0 Å². The third-order valence-electron chi connectivity index (χ3n) is 5.70. The normalized spacial score (nSPS) is 20.8. The molecule has 0 bridgehead atoms. The van der Waals surface area contributed by atoms with Crippen molar-refractivity contribution in [2.24, 2.45) is 5.92 Å². The van der Waals surface area contributed by atoms with Gasteiger partial charge in [-0.05, 0) is 55.1 Å². The van der Waals surface area contributed by atoms with Crippen molar-refractivity contribution in [1.29, 1.82) is 0 Å². The van der Waals surface area contributed by atoms with Crippen molar-refractivity contribution in [3.63, 3.8) is 0 Å². The van der Waals surface area contributed by atoms with Crippen molar-refractivity contribution in [2.45, 2.75) is 31.6 Å². The minimum atomic E-state index is -5.08. The van der Waals surface area contributed by atoms with Crippen molar-refractivity contribution in [1.82, 2.24) is 9.80 Å². The molecule has 1 N–H and O–H groups in total. The van der Waals surface area contributed by atoms with Gasteiger partial charge in [0.2, 0.25) is 0 Å². The molecule has 2 aromatic rings. The summed E-state index contributed by atoms with van der Waals surface area (Å²) in [7, 11) is 1.69. The number of hydrogen-bond donors (Lipinski definition) is 1. The van der Waals surface area contributed by atoms with E-state index in [9.17, 15) is 18.0 Å². The molecule has 7 nitrogen and oxygen atoms in total. The predicted octanol–water partition coefficient (Wildman–Crippen LogP) is 3.66. The summed E-state index contributed by atoms with van der Waals surface area (Å²) in [4.78, 5) is 26.0. The number of ether oxygens (including phenoxy) is 1. The number of piperidine rings is 1. The minimum absolute atomic E-state index is 0.0174. The molecule has 0 spiro atoms. The van der Waals surface area contributed by atoms with Crippen LogP contribution in [0.15, 0.2) is 47.1 Å². The number of furan rings is 1. The van der Waals surface area contributed by atoms with E-state index in [1.807, 2.05) is 17.0 Å². The zero-order valence-corrected chi connectivity index (χ0v) is 17.5. The largest absolute Gasteiger partial charge is 0.497 e. The second-order valence-corrected chi connectivity index (χ2v) is 7.78. The molecule has 32 heavy (non-hydrogen) atoms. The number of rotatable bonds is 4. The van der Waals surface area contributed by atoms with E-state index in [1.54, 1.807) is 25.5 Å². The Kier molecular flexibility index (Phi) is 7.44. The van der Waals surface area contributed by atoms with Crippen LogP contribution in [-0.2, 0) is 11.3 Å². The molecule has 174 valence electrons. The molecule has 0 unspecified atom stereocenters. The van der Waals surface area contributed by atoms with Gasteiger partial charge in [-0.2, -0.15) is 13.2 Å². The van der Waals surface area contributed by atoms with Crippen molar-refractivity contribution < 1.29 is 37.0 Å². The van der Waals surface area contributed by atoms with Crippen LogP contribution in [0, 0.1) is 5.92 Å². The molecular weight excluding hydrogens is 429 g/mol. The van der Waals surface area contributed by atoms with E-state index in [0.29, 0.717) is 17.7 Å². The summed E-state index contributed by atoms with van der Waals surface area (Å²) < 4.78 is 42.3. The summed E-state index contributed by atoms with van der Waals surface area (Å²) in [6, 6.07) is 12.2. The SMILES string of the molecule is COc1ccc(CN2CCC[C@@H]3CN(C(=O)c4ccco4)C[C@@H]32)cc1.O=C(O)C(F)(F)F. The third kappa shape index (κ3) is 5.82. The maximum absolute atomic E-state index is 12.6. The second-order valence-electron chi connectivity index (χ2n) is 7.78. The molecular formula is C22H25F3N2O5. The Labute approximate surface area is 183 Å². The topological polar surface area (TPSA) is 83.2 Å². The minimum Gasteiger partial charge on any atom is -0.497 e. The van der Waals surface area contributed by atoms with Crippen LogP contribution in [0.1, 0.15) is 29.0 Å². The van der Waals surface area contributed by atoms with Gasteiger partial charge in [-0.3, -0.25) is 9.69 Å². The number of carboxylic acids is 1. The standard InChI is InChI=1S/C20H24N2O3.C2HF3O2/c1-24-17-8-6-15(7-9-17)12-21-10-2-4-16-13-22(14-18(16)21)20(23)19-5-3-11-25-19;3-2(4,5)1(6)7/h3,5-9,11,16,18H,2,4,10,12-14H2,1H3;(H,6,7)/t16-,18+;/m1./s1. The quantitative estimate of drug-likeness (QED) is 0.759. The van der Waals surface area contributed by atoms with Crippen LogP contribution in [0.2, 0.25) is 0 Å². The fraction of sp³-hybridized carbons (Fsp3) is 0.455. The summed E-state index contributed by atoms with van der Waals surface area (Å²) in [5, 5.41) is 7.12. The number of aliphatic carboxylic acids is 1. The number of benzene rings is 1. The number of fused-ring (bicyclic) bond motifs is 1. The van der Waals surface area contributed by atoms with Gasteiger partial charge >= 0.3 is 12.1 Å². The molecule has 10 heteroatoms. The van der Waals surface area contributed by atoms with E-state index in [-0.39, 0.29) is 5.91 Å². The lowest BCUT2D eigenvalue weighted by Crippen LogP contribution is -2.44. The average molecular weight is 454 g/mol. The zero-order chi connectivity index (χ0) is 23.3. The number of carbonyl (C=O) groups excluding carboxylic acids is 1. The molecule has 2 aliphatic rings. The molecule has 0 aliphatic carbocycles. The number of methoxy groups -OCH3 is 1. The molecule has 2 fully saturated rings. The van der Waals surface area contributed by atoms with E-state index in [1.165, 1.54) is 18.4 Å². The highest BCUT2D eigenvalue weighted by Crippen LogP contribution is 2.32. The van der Waals surface area contributed by atoms with Crippen LogP contribution in [0.4, 0.5) is 13.2 Å². The Morgan fingerprint density at radius 3 is 2.44 bits per heavy atom. The first-order chi connectivity index (χ1) is 15.2. The number of likely N-dealkylation sites (tertiary alicyclic amines) is 2. The Balaban J connectivity index is 0.000000360. The molecule has 1 aromatic heterocycles. The van der Waals surface area contributed by atoms with Gasteiger partial charge in [0.1, 0.15) is 5.75 Å². The van der Waals surface area contributed by atoms with E-state index >= 15 is 0 Å². The summed E-state index contributed by atoms with van der Waals surface area (Å²) in [6.45, 7) is 3.65. The van der Waals surface area contributed by atoms with Gasteiger partial charge < -0.3 is 19.2 Å². The zero-order valence-electron chi connectivity index (χ0n) is 17.5. The van der Waals surface area contributed by atoms with Crippen molar-refractivity contribution in [3.8, 4) is 5.75 Å². The van der Waals surface area contributed by atoms with Gasteiger partial charge in [0, 0.05) is 25.7 Å². The number of nitrogens with zero attached hydrogens (tertiary/aromatic N) is 2. The van der Waals surface area contributed by atoms with Crippen molar-refractivity contribution >= 4 is 11.9 Å². The predicted molar refractivity (Wildman–Crippen MR) is 108 cm³/mol. The van der Waals surface area contributed by atoms with Crippen molar-refractivity contribution in [2.75, 3.05) is 26.7 Å². The molecule has 2 saturated heterocycles. The van der Waals surface area contributed by atoms with E-state index < -0.39 is 12.1 Å². The second kappa shape index (κ2) is 10.1. The average Bonchev–Trinajstić information content (AvgIpc) is 3.44. The lowest BCUT2D eigenvalue weighted by atomic mass is 9.91. The molecule has 2 atom stereocenters. The highest BCUT2D eigenvalue weighted by molar-refractivity contribution is 5.91. The number of carbonyl (C=O) groups is 2. The van der Waals surface area contributed by atoms with E-state index in [2.05, 4.69) is 17.0 Å². The molecule has 1 aromatic carbocycles. The van der Waals surface area contributed by atoms with Crippen molar-refractivity contribution in [3.05, 3.63) is 54.0 Å². The maximum Gasteiger partial charge on any atom is 0.490 e. The Morgan fingerprint density at radius 2 is 1.88 bits per heavy atom. The lowest BCUT2D eigenvalue weighted by molar-refractivity contribution is -0.192. The summed E-state index contributed by atoms with van der Waals surface area (Å²) in [5.74, 6) is -0.848. The van der Waals surface area contributed by atoms with E-state index in [0.717, 1.165) is 31.9 Å². The first-order valence-electron chi connectivity index (χ1n) is 10.2. The fourth-order valence-corrected chi connectivity index (χ4v) is 4.16. The van der Waals surface area contributed by atoms with Gasteiger partial charge in [-0.1, -0.05) is 12.1 Å². The Morgan fingerprint density at radius 1 is 1.19 bits per heavy atom. The summed E-state index contributed by atoms with van der Waals surface area (Å²) in [5.41, 5.74) is 1.29. The van der Waals surface area contributed by atoms with Crippen LogP contribution in [-0.4, -0.2) is 65.7 Å². The van der Waals surface area contributed by atoms with Gasteiger partial charge in [0.25, 0.3) is 5.91 Å². The summed E-state index contributed by atoms with van der Waals surface area (Å²) in [6.07, 6.45) is -1.13. The molecule has 3 heterocycles. The first kappa shape index (κ1) is 23.6. The van der Waals surface area contributed by atoms with Crippen LogP contribution in [0.3, 0.4) is 0 Å². The maximum atomic E-state index is 12.6. The highest BCUT2D eigenvalue weighted by atomic mass is 19.4. The van der Waals surface area contributed by atoms with Crippen LogP contribution < -0.4 is 4.74 Å². The van der Waals surface area contributed by atoms with Gasteiger partial charge in [-0.25, -0.2) is 4.79 Å². The fourth-order valence-electron chi connectivity index (χ4n) is 4.16. The smallest absolute Gasteiger partial charge is 0.490 e. The number of amides is 1. The first-order valence-corrected chi connectivity index (χ1v) is 10.2.